The molecule has 0 unspecified atom stereocenters. The lowest BCUT2D eigenvalue weighted by molar-refractivity contribution is 1.17. The fourth-order valence-electron chi connectivity index (χ4n) is 14.7. The van der Waals surface area contributed by atoms with Crippen LogP contribution in [-0.4, -0.2) is 18.3 Å². The van der Waals surface area contributed by atoms with Gasteiger partial charge < -0.3 is 18.3 Å². The van der Waals surface area contributed by atoms with E-state index in [9.17, 15) is 0 Å². The summed E-state index contributed by atoms with van der Waals surface area (Å²) in [5.74, 6) is 0. The van der Waals surface area contributed by atoms with Gasteiger partial charge in [0.05, 0.1) is 54.5 Å². The van der Waals surface area contributed by atoms with E-state index < -0.39 is 0 Å². The van der Waals surface area contributed by atoms with Crippen molar-refractivity contribution in [2.24, 2.45) is 0 Å². The molecule has 6 heterocycles. The summed E-state index contributed by atoms with van der Waals surface area (Å²) < 4.78 is 15.0. The highest BCUT2D eigenvalue weighted by molar-refractivity contribution is 7.26. The minimum Gasteiger partial charge on any atom is -0.309 e. The van der Waals surface area contributed by atoms with Crippen LogP contribution in [0.4, 0.5) is 0 Å². The van der Waals surface area contributed by atoms with Crippen LogP contribution in [0.15, 0.2) is 315 Å². The lowest BCUT2D eigenvalue weighted by Crippen LogP contribution is -1.96. The van der Waals surface area contributed by atoms with E-state index in [0.717, 1.165) is 5.69 Å². The second kappa shape index (κ2) is 20.1. The van der Waals surface area contributed by atoms with Crippen LogP contribution in [0.1, 0.15) is 0 Å². The second-order valence-corrected chi connectivity index (χ2v) is 25.6. The zero-order valence-corrected chi connectivity index (χ0v) is 50.3. The van der Waals surface area contributed by atoms with Crippen molar-refractivity contribution in [3.8, 4) is 45.0 Å². The largest absolute Gasteiger partial charge is 0.309 e. The van der Waals surface area contributed by atoms with Gasteiger partial charge in [-0.1, -0.05) is 206 Å². The average Bonchev–Trinajstić information content (AvgIpc) is 1.83. The molecule has 0 bridgehead atoms. The van der Waals surface area contributed by atoms with E-state index in [-0.39, 0.29) is 0 Å². The lowest BCUT2D eigenvalue weighted by Gasteiger charge is -2.12. The van der Waals surface area contributed by atoms with E-state index in [1.54, 1.807) is 0 Å². The number of nitrogens with zero attached hydrogens (tertiary/aromatic N) is 4. The van der Waals surface area contributed by atoms with Crippen molar-refractivity contribution in [1.29, 1.82) is 0 Å². The Kier molecular flexibility index (Phi) is 11.4. The van der Waals surface area contributed by atoms with Crippen molar-refractivity contribution in [2.75, 3.05) is 0 Å². The van der Waals surface area contributed by atoms with Crippen molar-refractivity contribution in [3.05, 3.63) is 315 Å². The molecular formula is C84H52N4S2. The third kappa shape index (κ3) is 7.72. The summed E-state index contributed by atoms with van der Waals surface area (Å²) in [7, 11) is 0. The van der Waals surface area contributed by atoms with Gasteiger partial charge in [-0.3, -0.25) is 0 Å². The van der Waals surface area contributed by atoms with Gasteiger partial charge in [-0.15, -0.1) is 22.7 Å². The quantitative estimate of drug-likeness (QED) is 0.158. The number of aromatic nitrogens is 4. The average molecular weight is 1180 g/mol. The summed E-state index contributed by atoms with van der Waals surface area (Å²) in [5, 5.41) is 15.5. The number of benzene rings is 14. The minimum atomic E-state index is 1.15. The summed E-state index contributed by atoms with van der Waals surface area (Å²) in [6.07, 6.45) is 0. The fourth-order valence-corrected chi connectivity index (χ4v) is 17.2. The molecule has 0 aliphatic heterocycles. The summed E-state index contributed by atoms with van der Waals surface area (Å²) >= 11 is 3.77. The predicted molar refractivity (Wildman–Crippen MR) is 387 cm³/mol. The normalized spacial score (nSPS) is 12.0. The van der Waals surface area contributed by atoms with E-state index in [4.69, 9.17) is 0 Å². The third-order valence-electron chi connectivity index (χ3n) is 18.6. The maximum atomic E-state index is 2.46. The van der Waals surface area contributed by atoms with Crippen LogP contribution in [0.25, 0.3) is 173 Å². The molecule has 4 nitrogen and oxygen atoms in total. The molecule has 0 saturated heterocycles. The highest BCUT2D eigenvalue weighted by atomic mass is 32.1. The monoisotopic (exact) mass is 1180 g/mol. The summed E-state index contributed by atoms with van der Waals surface area (Å²) in [4.78, 5) is 0. The number of rotatable bonds is 6. The van der Waals surface area contributed by atoms with E-state index in [1.807, 2.05) is 22.7 Å². The molecular weight excluding hydrogens is 1130 g/mol. The Bertz CT molecular complexity index is 6210. The highest BCUT2D eigenvalue weighted by Crippen LogP contribution is 2.45. The number of thiophene rings is 2. The van der Waals surface area contributed by atoms with Gasteiger partial charge in [0.1, 0.15) is 0 Å². The van der Waals surface area contributed by atoms with E-state index in [0.29, 0.717) is 0 Å². The Morgan fingerprint density at radius 1 is 0.189 bits per heavy atom. The minimum absolute atomic E-state index is 1.15. The molecule has 420 valence electrons. The molecule has 20 aromatic rings. The van der Waals surface area contributed by atoms with Crippen molar-refractivity contribution in [1.82, 2.24) is 18.3 Å². The molecule has 0 saturated carbocycles. The number of hydrogen-bond acceptors (Lipinski definition) is 2. The summed E-state index contributed by atoms with van der Waals surface area (Å²) in [5.41, 5.74) is 19.5. The van der Waals surface area contributed by atoms with Crippen LogP contribution in [0.2, 0.25) is 0 Å². The van der Waals surface area contributed by atoms with Gasteiger partial charge >= 0.3 is 0 Å². The van der Waals surface area contributed by atoms with Gasteiger partial charge in [-0.25, -0.2) is 0 Å². The standard InChI is InChI=1S/C48H30N2S.C36H22N2S/c1-5-22-43-37(16-1)38-17-2-6-23-44(38)50(43)35-26-27-46-42(30-35)39-18-3-7-24-45(39)49(46)34-15-10-13-32(29-34)31-12-9-14-33(28-31)36-20-11-21-41-40-19-4-8-25-47(40)51-48(36)41;1-5-15-30-24(10-1)25-11-2-6-16-31(25)37(30)23-20-21-33-29(22-23)26-12-3-7-17-32(26)38(33)34-18-9-14-28-27-13-4-8-19-35(27)39-36(28)34/h1-30H;1-22H. The van der Waals surface area contributed by atoms with Crippen LogP contribution in [-0.2, 0) is 0 Å². The SMILES string of the molecule is c1cc(-c2cccc(-n3c4ccccc4c4cc(-n5c6ccccc6c6ccccc65)ccc43)c2)cc(-c2cccc3c2sc2ccccc23)c1.c1ccc2c(c1)sc1c(-n3c4ccccc4c4cc(-n5c6ccccc6c6ccccc65)ccc43)cccc12. The third-order valence-corrected chi connectivity index (χ3v) is 21.1. The van der Waals surface area contributed by atoms with Gasteiger partial charge in [-0.2, -0.15) is 0 Å². The van der Waals surface area contributed by atoms with E-state index in [2.05, 4.69) is 334 Å². The lowest BCUT2D eigenvalue weighted by atomic mass is 9.97. The first-order chi connectivity index (χ1) is 44.7. The molecule has 14 aromatic carbocycles. The molecule has 20 rings (SSSR count). The Balaban J connectivity index is 0.000000134. The van der Waals surface area contributed by atoms with Crippen LogP contribution in [0, 0.1) is 0 Å². The Labute approximate surface area is 525 Å². The smallest absolute Gasteiger partial charge is 0.0640 e. The molecule has 0 N–H and O–H groups in total. The van der Waals surface area contributed by atoms with Crippen molar-refractivity contribution >= 4 is 150 Å². The van der Waals surface area contributed by atoms with Crippen molar-refractivity contribution in [3.63, 3.8) is 0 Å². The first-order valence-electron chi connectivity index (χ1n) is 30.7. The molecule has 0 amide bonds. The van der Waals surface area contributed by atoms with Crippen LogP contribution < -0.4 is 0 Å². The first kappa shape index (κ1) is 50.8. The van der Waals surface area contributed by atoms with Crippen LogP contribution >= 0.6 is 22.7 Å². The maximum Gasteiger partial charge on any atom is 0.0640 e. The Morgan fingerprint density at radius 2 is 0.522 bits per heavy atom. The van der Waals surface area contributed by atoms with Gasteiger partial charge in [0.15, 0.2) is 0 Å². The Hall–Kier alpha value is -11.3. The molecule has 0 fully saturated rings. The molecule has 0 aliphatic carbocycles. The fraction of sp³-hybridized carbons (Fsp3) is 0. The predicted octanol–water partition coefficient (Wildman–Crippen LogP) is 23.8. The summed E-state index contributed by atoms with van der Waals surface area (Å²) in [6, 6.07) is 115. The van der Waals surface area contributed by atoms with E-state index in [1.165, 1.54) is 167 Å². The van der Waals surface area contributed by atoms with Gasteiger partial charge in [0.2, 0.25) is 0 Å². The molecule has 0 spiro atoms. The number of fused-ring (bicyclic) bond motifs is 18. The second-order valence-electron chi connectivity index (χ2n) is 23.5. The summed E-state index contributed by atoms with van der Waals surface area (Å²) in [6.45, 7) is 0. The van der Waals surface area contributed by atoms with Gasteiger partial charge in [0.25, 0.3) is 0 Å². The zero-order chi connectivity index (χ0) is 59.0. The number of para-hydroxylation sites is 6. The van der Waals surface area contributed by atoms with Crippen LogP contribution in [0.5, 0.6) is 0 Å². The van der Waals surface area contributed by atoms with Crippen molar-refractivity contribution in [2.45, 2.75) is 0 Å². The number of hydrogen-bond donors (Lipinski definition) is 0. The zero-order valence-electron chi connectivity index (χ0n) is 48.6. The van der Waals surface area contributed by atoms with Crippen LogP contribution in [0.3, 0.4) is 0 Å². The molecule has 0 aliphatic rings. The molecule has 0 atom stereocenters. The topological polar surface area (TPSA) is 19.7 Å². The van der Waals surface area contributed by atoms with Gasteiger partial charge in [0, 0.05) is 95.8 Å². The molecule has 6 heteroatoms. The van der Waals surface area contributed by atoms with Gasteiger partial charge in [-0.05, 0) is 131 Å². The molecule has 0 radical (unpaired) electrons. The Morgan fingerprint density at radius 3 is 1.03 bits per heavy atom. The molecule has 90 heavy (non-hydrogen) atoms. The van der Waals surface area contributed by atoms with Crippen molar-refractivity contribution < 1.29 is 0 Å². The maximum absolute atomic E-state index is 2.46. The first-order valence-corrected chi connectivity index (χ1v) is 32.4. The molecule has 6 aromatic heterocycles. The van der Waals surface area contributed by atoms with E-state index >= 15 is 0 Å². The highest BCUT2D eigenvalue weighted by Gasteiger charge is 2.21.